The number of carbonyl (C=O) groups excluding carboxylic acids is 2. The van der Waals surface area contributed by atoms with E-state index in [9.17, 15) is 9.59 Å². The molecule has 3 rings (SSSR count). The second kappa shape index (κ2) is 6.01. The van der Waals surface area contributed by atoms with E-state index in [1.54, 1.807) is 24.3 Å². The Balaban J connectivity index is 1.77. The zero-order chi connectivity index (χ0) is 15.5. The highest BCUT2D eigenvalue weighted by Gasteiger charge is 2.23. The second-order valence-electron chi connectivity index (χ2n) is 5.39. The van der Waals surface area contributed by atoms with Crippen molar-refractivity contribution in [3.8, 4) is 0 Å². The minimum absolute atomic E-state index is 0.293. The van der Waals surface area contributed by atoms with Gasteiger partial charge in [-0.1, -0.05) is 11.6 Å². The standard InChI is InChI=1S/C16H17N3O3/c17-15(20)10-6-8-11(9-7-10)18-16(21)14-12-4-2-1-3-5-13(12)22-19-14/h6-9H,1-5H2,(H2,17,20)(H,18,21). The number of anilines is 1. The fraction of sp³-hybridized carbons (Fsp3) is 0.312. The van der Waals surface area contributed by atoms with E-state index in [0.29, 0.717) is 16.9 Å². The summed E-state index contributed by atoms with van der Waals surface area (Å²) >= 11 is 0. The molecule has 114 valence electrons. The number of nitrogens with two attached hydrogens (primary N) is 1. The van der Waals surface area contributed by atoms with Crippen molar-refractivity contribution in [3.63, 3.8) is 0 Å². The summed E-state index contributed by atoms with van der Waals surface area (Å²) in [7, 11) is 0. The maximum Gasteiger partial charge on any atom is 0.278 e. The summed E-state index contributed by atoms with van der Waals surface area (Å²) in [5.41, 5.74) is 7.44. The van der Waals surface area contributed by atoms with Gasteiger partial charge in [0.05, 0.1) is 0 Å². The topological polar surface area (TPSA) is 98.2 Å². The fourth-order valence-corrected chi connectivity index (χ4v) is 2.65. The number of carbonyl (C=O) groups is 2. The molecule has 6 heteroatoms. The Kier molecular flexibility index (Phi) is 3.91. The first kappa shape index (κ1) is 14.3. The van der Waals surface area contributed by atoms with Crippen molar-refractivity contribution in [2.24, 2.45) is 5.73 Å². The number of rotatable bonds is 3. The maximum absolute atomic E-state index is 12.4. The average molecular weight is 299 g/mol. The molecule has 2 aromatic rings. The fourth-order valence-electron chi connectivity index (χ4n) is 2.65. The highest BCUT2D eigenvalue weighted by molar-refractivity contribution is 6.04. The monoisotopic (exact) mass is 299 g/mol. The summed E-state index contributed by atoms with van der Waals surface area (Å²) in [6, 6.07) is 6.41. The van der Waals surface area contributed by atoms with Gasteiger partial charge in [0, 0.05) is 23.2 Å². The molecule has 0 aliphatic heterocycles. The quantitative estimate of drug-likeness (QED) is 0.849. The van der Waals surface area contributed by atoms with Gasteiger partial charge in [0.25, 0.3) is 5.91 Å². The van der Waals surface area contributed by atoms with E-state index in [4.69, 9.17) is 10.3 Å². The number of primary amides is 1. The highest BCUT2D eigenvalue weighted by Crippen LogP contribution is 2.24. The zero-order valence-electron chi connectivity index (χ0n) is 12.1. The minimum Gasteiger partial charge on any atom is -0.366 e. The molecular formula is C16H17N3O3. The molecular weight excluding hydrogens is 282 g/mol. The number of aryl methyl sites for hydroxylation is 1. The lowest BCUT2D eigenvalue weighted by atomic mass is 10.1. The minimum atomic E-state index is -0.500. The first-order valence-corrected chi connectivity index (χ1v) is 7.34. The van der Waals surface area contributed by atoms with Gasteiger partial charge in [-0.25, -0.2) is 0 Å². The number of fused-ring (bicyclic) bond motifs is 1. The highest BCUT2D eigenvalue weighted by atomic mass is 16.5. The summed E-state index contributed by atoms with van der Waals surface area (Å²) in [6.07, 6.45) is 4.91. The van der Waals surface area contributed by atoms with E-state index >= 15 is 0 Å². The predicted octanol–water partition coefficient (Wildman–Crippen LogP) is 2.29. The van der Waals surface area contributed by atoms with Crippen LogP contribution in [0.2, 0.25) is 0 Å². The van der Waals surface area contributed by atoms with Crippen LogP contribution < -0.4 is 11.1 Å². The van der Waals surface area contributed by atoms with Gasteiger partial charge >= 0.3 is 0 Å². The number of amides is 2. The lowest BCUT2D eigenvalue weighted by Crippen LogP contribution is -2.15. The zero-order valence-corrected chi connectivity index (χ0v) is 12.1. The molecule has 0 saturated heterocycles. The van der Waals surface area contributed by atoms with Gasteiger partial charge in [0.2, 0.25) is 5.91 Å². The molecule has 1 aromatic heterocycles. The Hall–Kier alpha value is -2.63. The Morgan fingerprint density at radius 3 is 2.55 bits per heavy atom. The van der Waals surface area contributed by atoms with E-state index in [2.05, 4.69) is 10.5 Å². The van der Waals surface area contributed by atoms with Crippen LogP contribution in [0.1, 0.15) is 51.4 Å². The summed E-state index contributed by atoms with van der Waals surface area (Å²) in [4.78, 5) is 23.4. The lowest BCUT2D eigenvalue weighted by molar-refractivity contribution is 0.0997. The molecule has 0 atom stereocenters. The summed E-state index contributed by atoms with van der Waals surface area (Å²) in [5, 5.41) is 6.69. The first-order chi connectivity index (χ1) is 10.6. The van der Waals surface area contributed by atoms with Crippen molar-refractivity contribution in [1.82, 2.24) is 5.16 Å². The molecule has 3 N–H and O–H groups in total. The molecule has 0 bridgehead atoms. The van der Waals surface area contributed by atoms with Crippen molar-refractivity contribution in [1.29, 1.82) is 0 Å². The smallest absolute Gasteiger partial charge is 0.278 e. The number of hydrogen-bond donors (Lipinski definition) is 2. The SMILES string of the molecule is NC(=O)c1ccc(NC(=O)c2noc3c2CCCCC3)cc1. The number of aromatic nitrogens is 1. The van der Waals surface area contributed by atoms with Crippen molar-refractivity contribution in [2.75, 3.05) is 5.32 Å². The molecule has 22 heavy (non-hydrogen) atoms. The number of nitrogens with zero attached hydrogens (tertiary/aromatic N) is 1. The van der Waals surface area contributed by atoms with Crippen LogP contribution in [-0.4, -0.2) is 17.0 Å². The number of nitrogens with one attached hydrogen (secondary N) is 1. The van der Waals surface area contributed by atoms with E-state index in [-0.39, 0.29) is 5.91 Å². The van der Waals surface area contributed by atoms with Gasteiger partial charge in [0.15, 0.2) is 5.69 Å². The van der Waals surface area contributed by atoms with E-state index in [1.807, 2.05) is 0 Å². The molecule has 1 aliphatic carbocycles. The van der Waals surface area contributed by atoms with Crippen LogP contribution in [0.15, 0.2) is 28.8 Å². The van der Waals surface area contributed by atoms with Crippen LogP contribution in [0.4, 0.5) is 5.69 Å². The van der Waals surface area contributed by atoms with Crippen LogP contribution in [0, 0.1) is 0 Å². The van der Waals surface area contributed by atoms with Crippen LogP contribution in [0.3, 0.4) is 0 Å². The van der Waals surface area contributed by atoms with Gasteiger partial charge in [0.1, 0.15) is 5.76 Å². The van der Waals surface area contributed by atoms with Gasteiger partial charge < -0.3 is 15.6 Å². The Morgan fingerprint density at radius 1 is 1.09 bits per heavy atom. The van der Waals surface area contributed by atoms with Crippen LogP contribution in [0.5, 0.6) is 0 Å². The third-order valence-electron chi connectivity index (χ3n) is 3.84. The van der Waals surface area contributed by atoms with Gasteiger partial charge in [-0.2, -0.15) is 0 Å². The van der Waals surface area contributed by atoms with Crippen molar-refractivity contribution in [3.05, 3.63) is 46.8 Å². The van der Waals surface area contributed by atoms with E-state index in [0.717, 1.165) is 43.4 Å². The molecule has 0 saturated carbocycles. The first-order valence-electron chi connectivity index (χ1n) is 7.34. The van der Waals surface area contributed by atoms with Crippen molar-refractivity contribution < 1.29 is 14.1 Å². The van der Waals surface area contributed by atoms with Gasteiger partial charge in [-0.15, -0.1) is 0 Å². The third kappa shape index (κ3) is 2.86. The van der Waals surface area contributed by atoms with E-state index in [1.165, 1.54) is 0 Å². The molecule has 1 aromatic carbocycles. The van der Waals surface area contributed by atoms with Crippen LogP contribution >= 0.6 is 0 Å². The van der Waals surface area contributed by atoms with Crippen molar-refractivity contribution in [2.45, 2.75) is 32.1 Å². The lowest BCUT2D eigenvalue weighted by Gasteiger charge is -2.05. The largest absolute Gasteiger partial charge is 0.366 e. The molecule has 0 fully saturated rings. The molecule has 0 radical (unpaired) electrons. The molecule has 1 aliphatic rings. The second-order valence-corrected chi connectivity index (χ2v) is 5.39. The molecule has 0 unspecified atom stereocenters. The Bertz CT molecular complexity index is 704. The normalized spacial score (nSPS) is 14.0. The summed E-state index contributed by atoms with van der Waals surface area (Å²) in [5.74, 6) is 0.0325. The Morgan fingerprint density at radius 2 is 1.82 bits per heavy atom. The molecule has 1 heterocycles. The summed E-state index contributed by atoms with van der Waals surface area (Å²) in [6.45, 7) is 0. The van der Waals surface area contributed by atoms with Gasteiger partial charge in [-0.3, -0.25) is 9.59 Å². The van der Waals surface area contributed by atoms with Gasteiger partial charge in [-0.05, 0) is 43.5 Å². The third-order valence-corrected chi connectivity index (χ3v) is 3.84. The Labute approximate surface area is 127 Å². The molecule has 0 spiro atoms. The maximum atomic E-state index is 12.4. The van der Waals surface area contributed by atoms with Crippen LogP contribution in [-0.2, 0) is 12.8 Å². The average Bonchev–Trinajstić information content (AvgIpc) is 2.77. The number of hydrogen-bond acceptors (Lipinski definition) is 4. The number of benzene rings is 1. The summed E-state index contributed by atoms with van der Waals surface area (Å²) < 4.78 is 5.30. The van der Waals surface area contributed by atoms with Crippen molar-refractivity contribution >= 4 is 17.5 Å². The van der Waals surface area contributed by atoms with Crippen LogP contribution in [0.25, 0.3) is 0 Å². The predicted molar refractivity (Wildman–Crippen MR) is 80.7 cm³/mol. The molecule has 6 nitrogen and oxygen atoms in total. The molecule has 2 amide bonds. The van der Waals surface area contributed by atoms with E-state index < -0.39 is 5.91 Å².